The lowest BCUT2D eigenvalue weighted by Gasteiger charge is -2.36. The Bertz CT molecular complexity index is 1430. The van der Waals surface area contributed by atoms with Crippen LogP contribution >= 0.6 is 0 Å². The highest BCUT2D eigenvalue weighted by Crippen LogP contribution is 2.18. The van der Waals surface area contributed by atoms with E-state index in [1.165, 1.54) is 28.9 Å². The van der Waals surface area contributed by atoms with Gasteiger partial charge in [-0.1, -0.05) is 101 Å². The van der Waals surface area contributed by atoms with Crippen LogP contribution in [0.5, 0.6) is 0 Å². The van der Waals surface area contributed by atoms with Crippen molar-refractivity contribution in [3.8, 4) is 0 Å². The normalized spacial score (nSPS) is 13.9. The van der Waals surface area contributed by atoms with E-state index < -0.39 is 0 Å². The molecule has 2 aliphatic heterocycles. The van der Waals surface area contributed by atoms with Gasteiger partial charge in [0.1, 0.15) is 17.7 Å². The number of rotatable bonds is 16. The van der Waals surface area contributed by atoms with Crippen molar-refractivity contribution < 1.29 is 18.5 Å². The Morgan fingerprint density at radius 1 is 0.526 bits per heavy atom. The molecule has 0 unspecified atom stereocenters. The minimum atomic E-state index is 0.547. The molecule has 2 aliphatic rings. The van der Waals surface area contributed by atoms with Gasteiger partial charge in [-0.05, 0) is 70.8 Å². The highest BCUT2D eigenvalue weighted by molar-refractivity contribution is 5.48. The molecule has 322 valence electrons. The maximum Gasteiger partial charge on any atom is 0.133 e. The number of hydrogen-bond donors (Lipinski definition) is 0. The number of aromatic nitrogens is 2. The predicted molar refractivity (Wildman–Crippen MR) is 241 cm³/mol. The molecular formula is C47H80N6O4. The third-order valence-electron chi connectivity index (χ3n) is 9.24. The Morgan fingerprint density at radius 3 is 1.47 bits per heavy atom. The summed E-state index contributed by atoms with van der Waals surface area (Å²) in [5.74, 6) is 0.861. The highest BCUT2D eigenvalue weighted by Gasteiger charge is 2.18. The molecule has 4 aromatic rings. The third-order valence-corrected chi connectivity index (χ3v) is 9.24. The van der Waals surface area contributed by atoms with E-state index in [0.29, 0.717) is 13.2 Å². The fourth-order valence-electron chi connectivity index (χ4n) is 6.20. The van der Waals surface area contributed by atoms with E-state index in [0.717, 1.165) is 115 Å². The second-order valence-corrected chi connectivity index (χ2v) is 13.2. The summed E-state index contributed by atoms with van der Waals surface area (Å²) in [5, 5.41) is 7.81. The summed E-state index contributed by atoms with van der Waals surface area (Å²) in [4.78, 5) is 10.1. The van der Waals surface area contributed by atoms with E-state index in [2.05, 4.69) is 92.3 Å². The van der Waals surface area contributed by atoms with Crippen LogP contribution in [0.25, 0.3) is 0 Å². The first-order valence-corrected chi connectivity index (χ1v) is 22.1. The molecule has 0 saturated carbocycles. The number of anilines is 2. The number of unbranched alkanes of at least 4 members (excludes halogenated alkanes) is 1. The fraction of sp³-hybridized carbons (Fsp3) is 0.617. The summed E-state index contributed by atoms with van der Waals surface area (Å²) in [6.07, 6.45) is 5.77. The number of nitrogens with zero attached hydrogens (tertiary/aromatic N) is 6. The predicted octanol–water partition coefficient (Wildman–Crippen LogP) is 10.3. The third kappa shape index (κ3) is 21.6. The summed E-state index contributed by atoms with van der Waals surface area (Å²) in [7, 11) is 0. The zero-order valence-electron chi connectivity index (χ0n) is 37.9. The van der Waals surface area contributed by atoms with Gasteiger partial charge in [-0.25, -0.2) is 0 Å². The Labute approximate surface area is 347 Å². The van der Waals surface area contributed by atoms with Crippen molar-refractivity contribution in [1.29, 1.82) is 0 Å². The second kappa shape index (κ2) is 33.3. The molecule has 0 spiro atoms. The van der Waals surface area contributed by atoms with Crippen molar-refractivity contribution in [3.05, 3.63) is 95.2 Å². The smallest absolute Gasteiger partial charge is 0.133 e. The molecule has 2 aromatic heterocycles. The maximum absolute atomic E-state index is 5.72. The minimum absolute atomic E-state index is 0.547. The quantitative estimate of drug-likeness (QED) is 0.102. The van der Waals surface area contributed by atoms with Crippen LogP contribution in [0.3, 0.4) is 0 Å². The molecule has 0 amide bonds. The molecule has 2 aromatic carbocycles. The Morgan fingerprint density at radius 2 is 1.02 bits per heavy atom. The van der Waals surface area contributed by atoms with Crippen LogP contribution in [0.4, 0.5) is 11.4 Å². The molecule has 10 nitrogen and oxygen atoms in total. The number of aryl methyl sites for hydroxylation is 3. The monoisotopic (exact) mass is 793 g/mol. The average Bonchev–Trinajstić information content (AvgIpc) is 3.96. The first kappa shape index (κ1) is 51.3. The Balaban J connectivity index is 0.000000486. The SMILES string of the molecule is CC.CC.CC.CC.Cc1ccc(N2CCN(CCCCOCc3ccon3)CC2)cc1.Cc1ccc(N2CCN(CCCOCCc3cc(C)on3)CC2)cc1. The van der Waals surface area contributed by atoms with Crippen LogP contribution in [0, 0.1) is 20.8 Å². The van der Waals surface area contributed by atoms with Crippen LogP contribution < -0.4 is 9.80 Å². The molecule has 0 bridgehead atoms. The fourth-order valence-corrected chi connectivity index (χ4v) is 6.20. The highest BCUT2D eigenvalue weighted by atomic mass is 16.5. The molecule has 57 heavy (non-hydrogen) atoms. The summed E-state index contributed by atoms with van der Waals surface area (Å²) in [6, 6.07) is 21.5. The lowest BCUT2D eigenvalue weighted by atomic mass is 10.2. The van der Waals surface area contributed by atoms with Crippen molar-refractivity contribution in [2.24, 2.45) is 0 Å². The van der Waals surface area contributed by atoms with Crippen molar-refractivity contribution in [1.82, 2.24) is 20.1 Å². The van der Waals surface area contributed by atoms with Crippen LogP contribution in [0.15, 0.2) is 76.0 Å². The molecule has 4 heterocycles. The van der Waals surface area contributed by atoms with Crippen LogP contribution in [-0.2, 0) is 22.5 Å². The summed E-state index contributed by atoms with van der Waals surface area (Å²) in [6.45, 7) is 36.3. The van der Waals surface area contributed by atoms with Gasteiger partial charge in [0, 0.05) is 102 Å². The van der Waals surface area contributed by atoms with E-state index >= 15 is 0 Å². The lowest BCUT2D eigenvalue weighted by Crippen LogP contribution is -2.46. The first-order valence-electron chi connectivity index (χ1n) is 22.1. The standard InChI is InChI=1S/C20H29N3O2.C19H27N3O2.4C2H6/c1-17-4-6-20(7-5-17)23-12-10-22(11-13-23)9-3-14-24-15-8-19-16-18(2)25-21-19;1-17-4-6-19(7-5-17)22-12-10-21(11-13-22)9-2-3-14-23-16-18-8-15-24-20-18;4*1-2/h4-7,16H,3,8-15H2,1-2H3;4-8,15H,2-3,9-14,16H2,1H3;4*1-2H3. The minimum Gasteiger partial charge on any atom is -0.381 e. The second-order valence-electron chi connectivity index (χ2n) is 13.2. The molecule has 0 radical (unpaired) electrons. The van der Waals surface area contributed by atoms with Crippen LogP contribution in [-0.4, -0.2) is 105 Å². The van der Waals surface area contributed by atoms with Gasteiger partial charge in [0.15, 0.2) is 0 Å². The lowest BCUT2D eigenvalue weighted by molar-refractivity contribution is 0.109. The molecule has 6 rings (SSSR count). The maximum atomic E-state index is 5.72. The molecule has 10 heteroatoms. The van der Waals surface area contributed by atoms with Gasteiger partial charge >= 0.3 is 0 Å². The number of hydrogen-bond acceptors (Lipinski definition) is 10. The van der Waals surface area contributed by atoms with E-state index in [1.54, 1.807) is 6.26 Å². The zero-order chi connectivity index (χ0) is 42.1. The van der Waals surface area contributed by atoms with E-state index in [9.17, 15) is 0 Å². The van der Waals surface area contributed by atoms with Crippen molar-refractivity contribution in [2.75, 3.05) is 95.1 Å². The number of benzene rings is 2. The summed E-state index contributed by atoms with van der Waals surface area (Å²) in [5.41, 5.74) is 7.18. The van der Waals surface area contributed by atoms with Crippen molar-refractivity contribution in [3.63, 3.8) is 0 Å². The largest absolute Gasteiger partial charge is 0.381 e. The molecule has 2 saturated heterocycles. The van der Waals surface area contributed by atoms with Gasteiger partial charge in [-0.15, -0.1) is 0 Å². The van der Waals surface area contributed by atoms with Gasteiger partial charge in [-0.3, -0.25) is 9.80 Å². The molecule has 0 aliphatic carbocycles. The van der Waals surface area contributed by atoms with Crippen LogP contribution in [0.2, 0.25) is 0 Å². The van der Waals surface area contributed by atoms with Gasteiger partial charge in [-0.2, -0.15) is 0 Å². The Kier molecular flexibility index (Phi) is 30.0. The summed E-state index contributed by atoms with van der Waals surface area (Å²) < 4.78 is 21.2. The van der Waals surface area contributed by atoms with E-state index in [1.807, 2.05) is 74.4 Å². The summed E-state index contributed by atoms with van der Waals surface area (Å²) >= 11 is 0. The Hall–Kier alpha value is -3.70. The zero-order valence-corrected chi connectivity index (χ0v) is 37.9. The van der Waals surface area contributed by atoms with Gasteiger partial charge in [0.25, 0.3) is 0 Å². The van der Waals surface area contributed by atoms with E-state index in [4.69, 9.17) is 18.5 Å². The van der Waals surface area contributed by atoms with Gasteiger partial charge < -0.3 is 28.3 Å². The van der Waals surface area contributed by atoms with Gasteiger partial charge in [0.05, 0.1) is 18.9 Å². The first-order chi connectivity index (χ1) is 28.0. The molecule has 2 fully saturated rings. The van der Waals surface area contributed by atoms with Crippen molar-refractivity contribution in [2.45, 2.75) is 108 Å². The molecule has 0 N–H and O–H groups in total. The van der Waals surface area contributed by atoms with Gasteiger partial charge in [0.2, 0.25) is 0 Å². The van der Waals surface area contributed by atoms with E-state index in [-0.39, 0.29) is 0 Å². The molecular weight excluding hydrogens is 713 g/mol. The number of piperazine rings is 2. The topological polar surface area (TPSA) is 83.5 Å². The molecule has 0 atom stereocenters. The average molecular weight is 793 g/mol. The van der Waals surface area contributed by atoms with Crippen molar-refractivity contribution >= 4 is 11.4 Å². The number of ether oxygens (including phenoxy) is 2. The van der Waals surface area contributed by atoms with Crippen LogP contribution in [0.1, 0.15) is 103 Å².